The van der Waals surface area contributed by atoms with E-state index < -0.39 is 0 Å². The number of benzene rings is 4. The maximum Gasteiger partial charge on any atom is 0.0796 e. The third kappa shape index (κ3) is 8.33. The summed E-state index contributed by atoms with van der Waals surface area (Å²) in [5, 5.41) is 5.20. The number of hydrogen-bond donors (Lipinski definition) is 0. The van der Waals surface area contributed by atoms with Gasteiger partial charge in [0.2, 0.25) is 0 Å². The van der Waals surface area contributed by atoms with Crippen LogP contribution in [0.2, 0.25) is 0 Å². The fraction of sp³-hybridized carbons (Fsp3) is 0.0270. The molecule has 0 saturated carbocycles. The summed E-state index contributed by atoms with van der Waals surface area (Å²) in [4.78, 5) is 0. The third-order valence-corrected chi connectivity index (χ3v) is 6.62. The van der Waals surface area contributed by atoms with Gasteiger partial charge in [-0.25, -0.2) is 0 Å². The topological polar surface area (TPSA) is 13.1 Å². The fourth-order valence-corrected chi connectivity index (χ4v) is 4.94. The first-order valence-corrected chi connectivity index (χ1v) is 16.7. The largest absolute Gasteiger partial charge is 0.499 e. The van der Waals surface area contributed by atoms with Crippen LogP contribution in [0.15, 0.2) is 144 Å². The number of rotatable bonds is 3. The Labute approximate surface area is 279 Å². The van der Waals surface area contributed by atoms with Crippen LogP contribution in [0.5, 0.6) is 0 Å². The van der Waals surface area contributed by atoms with Gasteiger partial charge in [-0.1, -0.05) is 109 Å². The van der Waals surface area contributed by atoms with Gasteiger partial charge >= 0.3 is 30.2 Å². The monoisotopic (exact) mass is 682 g/mol. The predicted molar refractivity (Wildman–Crippen MR) is 185 cm³/mol. The van der Waals surface area contributed by atoms with E-state index in [-0.39, 0.29) is 39.7 Å². The van der Waals surface area contributed by atoms with Crippen molar-refractivity contribution in [2.45, 2.75) is 6.92 Å². The fourth-order valence-electron chi connectivity index (χ4n) is 4.94. The summed E-state index contributed by atoms with van der Waals surface area (Å²) in [7, 11) is 0. The number of fused-ring (bicyclic) bond motifs is 2. The second-order valence-electron chi connectivity index (χ2n) is 9.10. The molecule has 0 aliphatic heterocycles. The van der Waals surface area contributed by atoms with Crippen molar-refractivity contribution in [2.24, 2.45) is 0 Å². The molecule has 7 aromatic rings. The van der Waals surface area contributed by atoms with E-state index in [9.17, 15) is 0 Å². The van der Waals surface area contributed by atoms with Crippen molar-refractivity contribution in [1.29, 1.82) is 0 Å². The summed E-state index contributed by atoms with van der Waals surface area (Å²) in [6, 6.07) is 46.8. The molecule has 0 fully saturated rings. The molecule has 0 aliphatic rings. The normalized spacial score (nSPS) is 9.43. The zero-order valence-corrected chi connectivity index (χ0v) is 29.1. The van der Waals surface area contributed by atoms with Gasteiger partial charge in [0.25, 0.3) is 0 Å². The van der Waals surface area contributed by atoms with Gasteiger partial charge in [-0.2, -0.15) is 6.07 Å². The van der Waals surface area contributed by atoms with Crippen LogP contribution in [0.1, 0.15) is 5.56 Å². The van der Waals surface area contributed by atoms with Crippen molar-refractivity contribution in [2.75, 3.05) is 0 Å². The zero-order valence-electron chi connectivity index (χ0n) is 24.0. The van der Waals surface area contributed by atoms with Crippen molar-refractivity contribution in [3.8, 4) is 33.6 Å². The second-order valence-corrected chi connectivity index (χ2v) is 9.10. The number of furan rings is 1. The van der Waals surface area contributed by atoms with Crippen molar-refractivity contribution in [1.82, 2.24) is 0 Å². The van der Waals surface area contributed by atoms with Crippen molar-refractivity contribution in [3.05, 3.63) is 160 Å². The van der Waals surface area contributed by atoms with Gasteiger partial charge in [-0.3, -0.25) is 0 Å². The number of halogens is 2. The van der Waals surface area contributed by atoms with E-state index >= 15 is 0 Å². The molecule has 42 heavy (non-hydrogen) atoms. The molecule has 6 aromatic carbocycles. The minimum Gasteiger partial charge on any atom is -0.499 e. The Bertz CT molecular complexity index is 1750. The smallest absolute Gasteiger partial charge is 0.0796 e. The van der Waals surface area contributed by atoms with E-state index in [2.05, 4.69) is 129 Å². The molecule has 0 amide bonds. The Balaban J connectivity index is 0.000000370. The van der Waals surface area contributed by atoms with E-state index in [0.717, 1.165) is 11.3 Å². The molecule has 0 spiro atoms. The molecule has 0 aliphatic carbocycles. The minimum absolute atomic E-state index is 0. The maximum atomic E-state index is 5.49. The Kier molecular flexibility index (Phi) is 15.8. The predicted octanol–water partition coefficient (Wildman–Crippen LogP) is 11.4. The van der Waals surface area contributed by atoms with Crippen molar-refractivity contribution < 1.29 is 27.8 Å². The van der Waals surface area contributed by atoms with Crippen LogP contribution in [-0.2, 0) is 23.3 Å². The minimum atomic E-state index is 0. The van der Waals surface area contributed by atoms with Crippen molar-refractivity contribution in [3.63, 3.8) is 0 Å². The molecule has 1 nitrogen and oxygen atoms in total. The van der Waals surface area contributed by atoms with Crippen molar-refractivity contribution >= 4 is 53.2 Å². The van der Waals surface area contributed by atoms with Crippen LogP contribution in [0, 0.1) is 21.8 Å². The SMILES string of the molecule is Cc1cc2c(-c3ccccc3)cccc2[cH-]1.Cl.Cl.[CH3-].[CH3-].[Si]=[Zr].c1ccc(-c2cccc3[cH-]c(-c4ccco4)cc23)cc1. The van der Waals surface area contributed by atoms with Crippen LogP contribution >= 0.6 is 24.8 Å². The molecule has 0 bridgehead atoms. The van der Waals surface area contributed by atoms with Crippen LogP contribution in [0.3, 0.4) is 0 Å². The summed E-state index contributed by atoms with van der Waals surface area (Å²) in [5.41, 5.74) is 7.59. The van der Waals surface area contributed by atoms with E-state index in [0.29, 0.717) is 0 Å². The molecule has 1 heterocycles. The molecule has 0 unspecified atom stereocenters. The van der Waals surface area contributed by atoms with Gasteiger partial charge in [0, 0.05) is 0 Å². The molecular formula is C37H34Cl2OSiZr-4. The second kappa shape index (κ2) is 17.9. The molecule has 7 rings (SSSR count). The Hall–Kier alpha value is -2.94. The molecule has 1 aromatic heterocycles. The summed E-state index contributed by atoms with van der Waals surface area (Å²) < 4.78 is 5.49. The molecular weight excluding hydrogens is 651 g/mol. The van der Waals surface area contributed by atoms with E-state index in [1.54, 1.807) is 6.26 Å². The Morgan fingerprint density at radius 2 is 1.07 bits per heavy atom. The van der Waals surface area contributed by atoms with Crippen LogP contribution in [0.4, 0.5) is 0 Å². The van der Waals surface area contributed by atoms with E-state index in [1.807, 2.05) is 18.2 Å². The Morgan fingerprint density at radius 3 is 1.57 bits per heavy atom. The number of aryl methyl sites for hydroxylation is 1. The van der Waals surface area contributed by atoms with Gasteiger partial charge in [-0.15, -0.1) is 88.3 Å². The molecule has 5 heteroatoms. The first-order valence-electron chi connectivity index (χ1n) is 12.5. The summed E-state index contributed by atoms with van der Waals surface area (Å²) in [6.45, 7) is 5.21. The zero-order chi connectivity index (χ0) is 26.3. The molecule has 2 radical (unpaired) electrons. The summed E-state index contributed by atoms with van der Waals surface area (Å²) in [6.07, 6.45) is 1.71. The summed E-state index contributed by atoms with van der Waals surface area (Å²) >= 11 is 1.36. The van der Waals surface area contributed by atoms with Crippen LogP contribution < -0.4 is 0 Å². The van der Waals surface area contributed by atoms with Gasteiger partial charge in [0.05, 0.1) is 12.0 Å². The average molecular weight is 685 g/mol. The number of hydrogen-bond acceptors (Lipinski definition) is 1. The van der Waals surface area contributed by atoms with E-state index in [1.165, 1.54) is 72.7 Å². The molecule has 214 valence electrons. The van der Waals surface area contributed by atoms with Gasteiger partial charge in [0.15, 0.2) is 0 Å². The quantitative estimate of drug-likeness (QED) is 0.133. The average Bonchev–Trinajstić information content (AvgIpc) is 3.74. The third-order valence-electron chi connectivity index (χ3n) is 6.62. The van der Waals surface area contributed by atoms with Gasteiger partial charge in [0.1, 0.15) is 0 Å². The summed E-state index contributed by atoms with van der Waals surface area (Å²) in [5.74, 6) is 0.917. The standard InChI is InChI=1S/C19H13O.C16H13.2CH3.2ClH.Si.Zr/c1-2-6-14(7-3-1)17-9-4-8-15-12-16(13-18(15)17)19-10-5-11-20-19;1-12-10-14-8-5-9-15(16(14)11-12)13-6-3-2-4-7-13;;;;;;/h1-13H;2-11H,1H3;2*1H3;2*1H;;/q4*-1;;;;. The molecule has 0 atom stereocenters. The Morgan fingerprint density at radius 1 is 0.571 bits per heavy atom. The van der Waals surface area contributed by atoms with Gasteiger partial charge in [-0.05, 0) is 17.2 Å². The molecule has 0 saturated heterocycles. The first-order chi connectivity index (χ1) is 18.8. The first kappa shape index (κ1) is 37.1. The maximum absolute atomic E-state index is 5.49. The van der Waals surface area contributed by atoms with Crippen LogP contribution in [0.25, 0.3) is 55.1 Å². The molecule has 0 N–H and O–H groups in total. The van der Waals surface area contributed by atoms with Crippen LogP contribution in [-0.4, -0.2) is 6.88 Å². The van der Waals surface area contributed by atoms with E-state index in [4.69, 9.17) is 4.42 Å². The van der Waals surface area contributed by atoms with Gasteiger partial charge < -0.3 is 19.3 Å².